The summed E-state index contributed by atoms with van der Waals surface area (Å²) in [4.78, 5) is 14.8. The number of likely N-dealkylation sites (tertiary alicyclic amines) is 1. The van der Waals surface area contributed by atoms with E-state index in [1.165, 1.54) is 44.9 Å². The lowest BCUT2D eigenvalue weighted by atomic mass is 9.83. The summed E-state index contributed by atoms with van der Waals surface area (Å²) < 4.78 is 5.46. The van der Waals surface area contributed by atoms with E-state index in [1.807, 2.05) is 0 Å². The molecule has 2 atom stereocenters. The zero-order valence-electron chi connectivity index (χ0n) is 12.9. The molecular formula is C16H29ClN2O2. The average molecular weight is 317 g/mol. The first-order chi connectivity index (χ1) is 9.84. The number of nitrogens with zero attached hydrogens (tertiary/aromatic N) is 1. The number of amides is 1. The van der Waals surface area contributed by atoms with Gasteiger partial charge in [-0.3, -0.25) is 4.79 Å². The normalized spacial score (nSPS) is 31.0. The van der Waals surface area contributed by atoms with Crippen LogP contribution in [0.25, 0.3) is 0 Å². The molecule has 0 aromatic heterocycles. The molecule has 5 heteroatoms. The maximum Gasteiger partial charge on any atom is 0.224 e. The summed E-state index contributed by atoms with van der Waals surface area (Å²) in [7, 11) is 0. The summed E-state index contributed by atoms with van der Waals surface area (Å²) in [5, 5.41) is 3.40. The van der Waals surface area contributed by atoms with Gasteiger partial charge in [-0.15, -0.1) is 12.4 Å². The van der Waals surface area contributed by atoms with Gasteiger partial charge in [0, 0.05) is 31.6 Å². The van der Waals surface area contributed by atoms with Crippen LogP contribution in [0.1, 0.15) is 51.4 Å². The Labute approximate surface area is 134 Å². The number of hydrogen-bond donors (Lipinski definition) is 1. The summed E-state index contributed by atoms with van der Waals surface area (Å²) >= 11 is 0. The van der Waals surface area contributed by atoms with Gasteiger partial charge in [-0.2, -0.15) is 0 Å². The SMILES string of the molecule is Cl.O=C(CC1COCCN1)N1CCCC1C1CCCCC1. The van der Waals surface area contributed by atoms with Crippen molar-refractivity contribution in [2.24, 2.45) is 5.92 Å². The third-order valence-electron chi connectivity index (χ3n) is 5.23. The van der Waals surface area contributed by atoms with Gasteiger partial charge in [0.1, 0.15) is 0 Å². The van der Waals surface area contributed by atoms with Crippen molar-refractivity contribution in [2.45, 2.75) is 63.5 Å². The van der Waals surface area contributed by atoms with Gasteiger partial charge < -0.3 is 15.0 Å². The van der Waals surface area contributed by atoms with E-state index in [2.05, 4.69) is 10.2 Å². The molecule has 2 heterocycles. The lowest BCUT2D eigenvalue weighted by molar-refractivity contribution is -0.134. The molecule has 1 amide bonds. The zero-order chi connectivity index (χ0) is 13.8. The van der Waals surface area contributed by atoms with Crippen LogP contribution in [0.3, 0.4) is 0 Å². The highest BCUT2D eigenvalue weighted by Crippen LogP contribution is 2.34. The molecule has 122 valence electrons. The molecule has 21 heavy (non-hydrogen) atoms. The van der Waals surface area contributed by atoms with Gasteiger partial charge in [0.15, 0.2) is 0 Å². The topological polar surface area (TPSA) is 41.6 Å². The molecule has 2 saturated heterocycles. The van der Waals surface area contributed by atoms with Gasteiger partial charge in [0.2, 0.25) is 5.91 Å². The van der Waals surface area contributed by atoms with Crippen molar-refractivity contribution in [2.75, 3.05) is 26.3 Å². The second kappa shape index (κ2) is 8.35. The van der Waals surface area contributed by atoms with Crippen molar-refractivity contribution in [3.05, 3.63) is 0 Å². The summed E-state index contributed by atoms with van der Waals surface area (Å²) in [6, 6.07) is 0.760. The Kier molecular flexibility index (Phi) is 6.77. The summed E-state index contributed by atoms with van der Waals surface area (Å²) in [6.45, 7) is 3.32. The Morgan fingerprint density at radius 2 is 1.95 bits per heavy atom. The number of rotatable bonds is 3. The molecule has 0 aromatic rings. The van der Waals surface area contributed by atoms with Gasteiger partial charge in [-0.05, 0) is 31.6 Å². The van der Waals surface area contributed by atoms with Gasteiger partial charge in [-0.25, -0.2) is 0 Å². The van der Waals surface area contributed by atoms with Crippen molar-refractivity contribution in [1.82, 2.24) is 10.2 Å². The molecule has 1 N–H and O–H groups in total. The Bertz CT molecular complexity index is 328. The fourth-order valence-electron chi connectivity index (χ4n) is 4.19. The lowest BCUT2D eigenvalue weighted by Crippen LogP contribution is -2.47. The van der Waals surface area contributed by atoms with Crippen LogP contribution in [-0.2, 0) is 9.53 Å². The number of nitrogens with one attached hydrogen (secondary N) is 1. The van der Waals surface area contributed by atoms with Crippen LogP contribution in [0.4, 0.5) is 0 Å². The van der Waals surface area contributed by atoms with E-state index in [-0.39, 0.29) is 18.4 Å². The van der Waals surface area contributed by atoms with Crippen molar-refractivity contribution < 1.29 is 9.53 Å². The Balaban J connectivity index is 0.00000161. The van der Waals surface area contributed by atoms with Crippen LogP contribution in [0.5, 0.6) is 0 Å². The minimum Gasteiger partial charge on any atom is -0.378 e. The minimum atomic E-state index is 0. The maximum absolute atomic E-state index is 12.6. The van der Waals surface area contributed by atoms with Crippen LogP contribution in [0.15, 0.2) is 0 Å². The van der Waals surface area contributed by atoms with E-state index in [9.17, 15) is 4.79 Å². The molecule has 0 radical (unpaired) electrons. The Morgan fingerprint density at radius 3 is 2.67 bits per heavy atom. The van der Waals surface area contributed by atoms with E-state index >= 15 is 0 Å². The highest BCUT2D eigenvalue weighted by Gasteiger charge is 2.35. The number of carbonyl (C=O) groups excluding carboxylic acids is 1. The van der Waals surface area contributed by atoms with Crippen LogP contribution in [-0.4, -0.2) is 49.2 Å². The van der Waals surface area contributed by atoms with E-state index < -0.39 is 0 Å². The number of ether oxygens (including phenoxy) is 1. The number of carbonyl (C=O) groups is 1. The molecule has 0 spiro atoms. The third-order valence-corrected chi connectivity index (χ3v) is 5.23. The molecule has 1 saturated carbocycles. The van der Waals surface area contributed by atoms with Gasteiger partial charge >= 0.3 is 0 Å². The van der Waals surface area contributed by atoms with Crippen molar-refractivity contribution >= 4 is 18.3 Å². The predicted octanol–water partition coefficient (Wildman–Crippen LogP) is 2.36. The van der Waals surface area contributed by atoms with Crippen LogP contribution in [0, 0.1) is 5.92 Å². The molecule has 0 aromatic carbocycles. The van der Waals surface area contributed by atoms with Crippen LogP contribution in [0.2, 0.25) is 0 Å². The summed E-state index contributed by atoms with van der Waals surface area (Å²) in [5.41, 5.74) is 0. The van der Waals surface area contributed by atoms with Crippen molar-refractivity contribution in [3.63, 3.8) is 0 Å². The van der Waals surface area contributed by atoms with Gasteiger partial charge in [0.05, 0.1) is 13.2 Å². The summed E-state index contributed by atoms with van der Waals surface area (Å²) in [6.07, 6.45) is 9.82. The smallest absolute Gasteiger partial charge is 0.224 e. The highest BCUT2D eigenvalue weighted by molar-refractivity contribution is 5.85. The Morgan fingerprint density at radius 1 is 1.14 bits per heavy atom. The van der Waals surface area contributed by atoms with Crippen LogP contribution >= 0.6 is 12.4 Å². The van der Waals surface area contributed by atoms with Gasteiger partial charge in [-0.1, -0.05) is 19.3 Å². The molecule has 3 rings (SSSR count). The zero-order valence-corrected chi connectivity index (χ0v) is 13.7. The van der Waals surface area contributed by atoms with Crippen molar-refractivity contribution in [3.8, 4) is 0 Å². The molecule has 0 bridgehead atoms. The molecule has 3 aliphatic rings. The molecule has 2 aliphatic heterocycles. The number of hydrogen-bond acceptors (Lipinski definition) is 3. The number of morpholine rings is 1. The minimum absolute atomic E-state index is 0. The number of halogens is 1. The predicted molar refractivity (Wildman–Crippen MR) is 85.8 cm³/mol. The van der Waals surface area contributed by atoms with E-state index in [0.717, 1.165) is 25.6 Å². The fourth-order valence-corrected chi connectivity index (χ4v) is 4.19. The second-order valence-electron chi connectivity index (χ2n) is 6.62. The maximum atomic E-state index is 12.6. The largest absolute Gasteiger partial charge is 0.378 e. The third kappa shape index (κ3) is 4.33. The fraction of sp³-hybridized carbons (Fsp3) is 0.938. The molecular weight excluding hydrogens is 288 g/mol. The van der Waals surface area contributed by atoms with E-state index in [4.69, 9.17) is 4.74 Å². The van der Waals surface area contributed by atoms with Crippen LogP contribution < -0.4 is 5.32 Å². The molecule has 3 fully saturated rings. The lowest BCUT2D eigenvalue weighted by Gasteiger charge is -2.35. The van der Waals surface area contributed by atoms with Crippen molar-refractivity contribution in [1.29, 1.82) is 0 Å². The Hall–Kier alpha value is -0.320. The first-order valence-corrected chi connectivity index (χ1v) is 8.45. The van der Waals surface area contributed by atoms with E-state index in [0.29, 0.717) is 25.0 Å². The highest BCUT2D eigenvalue weighted by atomic mass is 35.5. The quantitative estimate of drug-likeness (QED) is 0.869. The molecule has 2 unspecified atom stereocenters. The first-order valence-electron chi connectivity index (χ1n) is 8.45. The molecule has 4 nitrogen and oxygen atoms in total. The van der Waals surface area contributed by atoms with Gasteiger partial charge in [0.25, 0.3) is 0 Å². The average Bonchev–Trinajstić information content (AvgIpc) is 2.99. The standard InChI is InChI=1S/C16H28N2O2.ClH/c19-16(11-14-12-20-10-8-17-14)18-9-4-7-15(18)13-5-2-1-3-6-13;/h13-15,17H,1-12H2;1H. The first kappa shape index (κ1) is 17.0. The second-order valence-corrected chi connectivity index (χ2v) is 6.62. The monoisotopic (exact) mass is 316 g/mol. The molecule has 1 aliphatic carbocycles. The van der Waals surface area contributed by atoms with E-state index in [1.54, 1.807) is 0 Å². The summed E-state index contributed by atoms with van der Waals surface area (Å²) in [5.74, 6) is 1.12.